The Kier molecular flexibility index (Phi) is 7.09. The molecular formula is C29H20FN3O6. The first-order valence-electron chi connectivity index (χ1n) is 11.7. The van der Waals surface area contributed by atoms with Crippen LogP contribution in [0.3, 0.4) is 0 Å². The molecule has 0 unspecified atom stereocenters. The van der Waals surface area contributed by atoms with E-state index in [2.05, 4.69) is 9.97 Å². The predicted molar refractivity (Wildman–Crippen MR) is 141 cm³/mol. The van der Waals surface area contributed by atoms with Crippen molar-refractivity contribution >= 4 is 22.4 Å². The molecule has 0 aliphatic carbocycles. The van der Waals surface area contributed by atoms with Gasteiger partial charge in [0.15, 0.2) is 12.4 Å². The van der Waals surface area contributed by atoms with Gasteiger partial charge in [-0.3, -0.25) is 10.1 Å². The third kappa shape index (κ3) is 5.96. The Morgan fingerprint density at radius 2 is 1.67 bits per heavy atom. The van der Waals surface area contributed by atoms with E-state index in [-0.39, 0.29) is 18.2 Å². The van der Waals surface area contributed by atoms with E-state index in [1.807, 2.05) is 12.1 Å². The van der Waals surface area contributed by atoms with Crippen molar-refractivity contribution in [1.29, 1.82) is 0 Å². The van der Waals surface area contributed by atoms with Crippen LogP contribution in [0.1, 0.15) is 5.56 Å². The van der Waals surface area contributed by atoms with Crippen molar-refractivity contribution in [3.8, 4) is 34.3 Å². The van der Waals surface area contributed by atoms with Crippen molar-refractivity contribution < 1.29 is 28.7 Å². The SMILES string of the molecule is O=C(O)COc1ccc2cc(-c3nc(OCc4ccccc4F)cc(-c4cccc([N+](=O)[O-])c4)n3)ccc2c1. The van der Waals surface area contributed by atoms with Crippen LogP contribution in [0.25, 0.3) is 33.4 Å². The summed E-state index contributed by atoms with van der Waals surface area (Å²) in [5, 5.41) is 21.8. The molecule has 39 heavy (non-hydrogen) atoms. The molecule has 0 saturated carbocycles. The number of aliphatic carboxylic acids is 1. The molecule has 5 aromatic rings. The molecule has 0 amide bonds. The summed E-state index contributed by atoms with van der Waals surface area (Å²) >= 11 is 0. The number of halogens is 1. The first kappa shape index (κ1) is 25.3. The molecule has 0 atom stereocenters. The van der Waals surface area contributed by atoms with Gasteiger partial charge in [0.1, 0.15) is 18.2 Å². The van der Waals surface area contributed by atoms with Gasteiger partial charge in [0.05, 0.1) is 10.6 Å². The van der Waals surface area contributed by atoms with Crippen LogP contribution in [0.4, 0.5) is 10.1 Å². The number of nitro groups is 1. The fourth-order valence-corrected chi connectivity index (χ4v) is 3.92. The second kappa shape index (κ2) is 10.9. The normalized spacial score (nSPS) is 10.8. The van der Waals surface area contributed by atoms with Crippen molar-refractivity contribution in [1.82, 2.24) is 9.97 Å². The second-order valence-corrected chi connectivity index (χ2v) is 8.51. The number of nitrogens with zero attached hydrogens (tertiary/aromatic N) is 3. The lowest BCUT2D eigenvalue weighted by atomic mass is 10.1. The fraction of sp³-hybridized carbons (Fsp3) is 0.0690. The third-order valence-corrected chi connectivity index (χ3v) is 5.82. The van der Waals surface area contributed by atoms with E-state index in [0.717, 1.165) is 10.8 Å². The average molecular weight is 525 g/mol. The number of aromatic nitrogens is 2. The Bertz CT molecular complexity index is 1710. The smallest absolute Gasteiger partial charge is 0.341 e. The summed E-state index contributed by atoms with van der Waals surface area (Å²) in [6.07, 6.45) is 0. The molecule has 0 spiro atoms. The molecule has 0 aliphatic rings. The summed E-state index contributed by atoms with van der Waals surface area (Å²) in [5.41, 5.74) is 1.79. The van der Waals surface area contributed by atoms with E-state index in [9.17, 15) is 19.3 Å². The summed E-state index contributed by atoms with van der Waals surface area (Å²) in [7, 11) is 0. The maximum Gasteiger partial charge on any atom is 0.341 e. The van der Waals surface area contributed by atoms with Gasteiger partial charge in [-0.25, -0.2) is 14.2 Å². The van der Waals surface area contributed by atoms with Gasteiger partial charge in [-0.2, -0.15) is 4.98 Å². The minimum atomic E-state index is -1.07. The summed E-state index contributed by atoms with van der Waals surface area (Å²) in [4.78, 5) is 30.8. The second-order valence-electron chi connectivity index (χ2n) is 8.51. The summed E-state index contributed by atoms with van der Waals surface area (Å²) in [6.45, 7) is -0.522. The zero-order chi connectivity index (χ0) is 27.4. The molecule has 0 radical (unpaired) electrons. The molecule has 0 fully saturated rings. The Morgan fingerprint density at radius 1 is 0.872 bits per heavy atom. The molecular weight excluding hydrogens is 505 g/mol. The maximum absolute atomic E-state index is 14.2. The minimum Gasteiger partial charge on any atom is -0.482 e. The van der Waals surface area contributed by atoms with Crippen LogP contribution in [-0.2, 0) is 11.4 Å². The monoisotopic (exact) mass is 525 g/mol. The van der Waals surface area contributed by atoms with Crippen LogP contribution in [0.5, 0.6) is 11.6 Å². The lowest BCUT2D eigenvalue weighted by Gasteiger charge is -2.11. The maximum atomic E-state index is 14.2. The largest absolute Gasteiger partial charge is 0.482 e. The van der Waals surface area contributed by atoms with Gasteiger partial charge in [0, 0.05) is 34.9 Å². The Labute approximate surface area is 221 Å². The minimum absolute atomic E-state index is 0.0751. The Morgan fingerprint density at radius 3 is 2.46 bits per heavy atom. The first-order valence-corrected chi connectivity index (χ1v) is 11.7. The van der Waals surface area contributed by atoms with E-state index in [1.165, 1.54) is 18.2 Å². The van der Waals surface area contributed by atoms with Crippen LogP contribution in [0.2, 0.25) is 0 Å². The van der Waals surface area contributed by atoms with Crippen molar-refractivity contribution in [2.24, 2.45) is 0 Å². The van der Waals surface area contributed by atoms with Crippen LogP contribution in [-0.4, -0.2) is 32.6 Å². The van der Waals surface area contributed by atoms with Gasteiger partial charge in [-0.05, 0) is 35.0 Å². The fourth-order valence-electron chi connectivity index (χ4n) is 3.92. The molecule has 10 heteroatoms. The van der Waals surface area contributed by atoms with Crippen LogP contribution >= 0.6 is 0 Å². The number of non-ortho nitro benzene ring substituents is 1. The highest BCUT2D eigenvalue weighted by Crippen LogP contribution is 2.30. The number of carboxylic acid groups (broad SMARTS) is 1. The molecule has 0 aliphatic heterocycles. The van der Waals surface area contributed by atoms with Crippen LogP contribution in [0.15, 0.2) is 91.0 Å². The highest BCUT2D eigenvalue weighted by Gasteiger charge is 2.14. The number of carboxylic acids is 1. The van der Waals surface area contributed by atoms with E-state index in [0.29, 0.717) is 34.0 Å². The predicted octanol–water partition coefficient (Wildman–Crippen LogP) is 6.05. The molecule has 0 bridgehead atoms. The lowest BCUT2D eigenvalue weighted by Crippen LogP contribution is -2.09. The molecule has 4 aromatic carbocycles. The zero-order valence-corrected chi connectivity index (χ0v) is 20.3. The number of nitro benzene ring substituents is 1. The van der Waals surface area contributed by atoms with Gasteiger partial charge in [0.25, 0.3) is 5.69 Å². The van der Waals surface area contributed by atoms with E-state index in [4.69, 9.17) is 14.6 Å². The zero-order valence-electron chi connectivity index (χ0n) is 20.3. The molecule has 0 saturated heterocycles. The number of rotatable bonds is 9. The Balaban J connectivity index is 1.53. The Hall–Kier alpha value is -5.38. The summed E-state index contributed by atoms with van der Waals surface area (Å²) in [5.74, 6) is -0.588. The highest BCUT2D eigenvalue weighted by molar-refractivity contribution is 5.88. The van der Waals surface area contributed by atoms with Crippen molar-refractivity contribution in [3.05, 3.63) is 112 Å². The van der Waals surface area contributed by atoms with E-state index < -0.39 is 23.3 Å². The summed E-state index contributed by atoms with van der Waals surface area (Å²) < 4.78 is 25.2. The van der Waals surface area contributed by atoms with Gasteiger partial charge in [0.2, 0.25) is 5.88 Å². The number of ether oxygens (including phenoxy) is 2. The van der Waals surface area contributed by atoms with Crippen LogP contribution < -0.4 is 9.47 Å². The van der Waals surface area contributed by atoms with E-state index >= 15 is 0 Å². The van der Waals surface area contributed by atoms with E-state index in [1.54, 1.807) is 60.7 Å². The molecule has 9 nitrogen and oxygen atoms in total. The van der Waals surface area contributed by atoms with Crippen molar-refractivity contribution in [2.45, 2.75) is 6.61 Å². The molecule has 1 aromatic heterocycles. The number of hydrogen-bond donors (Lipinski definition) is 1. The lowest BCUT2D eigenvalue weighted by molar-refractivity contribution is -0.384. The van der Waals surface area contributed by atoms with Gasteiger partial charge >= 0.3 is 5.97 Å². The molecule has 1 N–H and O–H groups in total. The molecule has 194 valence electrons. The number of hydrogen-bond acceptors (Lipinski definition) is 7. The topological polar surface area (TPSA) is 125 Å². The van der Waals surface area contributed by atoms with Crippen molar-refractivity contribution in [2.75, 3.05) is 6.61 Å². The molecule has 1 heterocycles. The highest BCUT2D eigenvalue weighted by atomic mass is 19.1. The van der Waals surface area contributed by atoms with Crippen molar-refractivity contribution in [3.63, 3.8) is 0 Å². The third-order valence-electron chi connectivity index (χ3n) is 5.82. The van der Waals surface area contributed by atoms with Gasteiger partial charge < -0.3 is 14.6 Å². The number of carbonyl (C=O) groups is 1. The quantitative estimate of drug-likeness (QED) is 0.182. The standard InChI is InChI=1S/C29H20FN3O6/c30-25-7-2-1-4-22(25)16-39-27-15-26(20-5-3-6-23(13-20)33(36)37)31-29(32-27)21-9-8-19-14-24(38-17-28(34)35)11-10-18(19)12-21/h1-15H,16-17H2,(H,34,35). The first-order chi connectivity index (χ1) is 18.9. The summed E-state index contributed by atoms with van der Waals surface area (Å²) in [6, 6.07) is 24.5. The molecule has 5 rings (SSSR count). The van der Waals surface area contributed by atoms with Gasteiger partial charge in [-0.15, -0.1) is 0 Å². The van der Waals surface area contributed by atoms with Crippen LogP contribution in [0, 0.1) is 15.9 Å². The van der Waals surface area contributed by atoms with Gasteiger partial charge in [-0.1, -0.05) is 48.5 Å². The average Bonchev–Trinajstić information content (AvgIpc) is 2.95. The number of fused-ring (bicyclic) bond motifs is 1. The number of benzene rings is 4.